The molecule has 2 aromatic rings. The average Bonchev–Trinajstić information content (AvgIpc) is 3.02. The van der Waals surface area contributed by atoms with E-state index in [1.54, 1.807) is 25.1 Å². The summed E-state index contributed by atoms with van der Waals surface area (Å²) >= 11 is 0. The van der Waals surface area contributed by atoms with Gasteiger partial charge in [0.25, 0.3) is 6.43 Å². The number of hydrogen-bond donors (Lipinski definition) is 3. The van der Waals surface area contributed by atoms with Crippen molar-refractivity contribution in [1.82, 2.24) is 10.6 Å². The molecule has 0 spiro atoms. The molecule has 3 N–H and O–H groups in total. The summed E-state index contributed by atoms with van der Waals surface area (Å²) in [6.07, 6.45) is -2.52. The lowest BCUT2D eigenvalue weighted by Crippen LogP contribution is -2.44. The monoisotopic (exact) mass is 537 g/mol. The fourth-order valence-corrected chi connectivity index (χ4v) is 2.92. The van der Waals surface area contributed by atoms with Crippen LogP contribution in [0.3, 0.4) is 0 Å². The minimum Gasteiger partial charge on any atom is -0.488 e. The zero-order chi connectivity index (χ0) is 21.4. The number of ether oxygens (including phenoxy) is 1. The number of aliphatic hydroxyl groups is 1. The fraction of sp³-hybridized carbons (Fsp3) is 0.476. The van der Waals surface area contributed by atoms with Gasteiger partial charge in [0, 0.05) is 12.1 Å². The van der Waals surface area contributed by atoms with E-state index in [1.165, 1.54) is 0 Å². The summed E-state index contributed by atoms with van der Waals surface area (Å²) in [6.45, 7) is 7.88. The zero-order valence-corrected chi connectivity index (χ0v) is 20.0. The third-order valence-corrected chi connectivity index (χ3v) is 4.26. The van der Waals surface area contributed by atoms with Gasteiger partial charge in [-0.05, 0) is 51.5 Å². The number of nitrogens with zero attached hydrogens (tertiary/aromatic N) is 1. The normalized spacial score (nSPS) is 13.5. The van der Waals surface area contributed by atoms with E-state index < -0.39 is 18.6 Å². The topological polar surface area (TPSA) is 79.0 Å². The Morgan fingerprint density at radius 1 is 1.27 bits per heavy atom. The highest BCUT2D eigenvalue weighted by Crippen LogP contribution is 2.26. The predicted molar refractivity (Wildman–Crippen MR) is 124 cm³/mol. The molecule has 0 saturated carbocycles. The molecule has 168 valence electrons. The SMILES string of the molecule is CCNC(=NCc1cccc(OCC(F)F)c1)NCC(C)(O)c1cc(C)oc1C.I. The number of benzene rings is 1. The molecule has 2 rings (SSSR count). The van der Waals surface area contributed by atoms with Crippen LogP contribution in [0.4, 0.5) is 8.78 Å². The van der Waals surface area contributed by atoms with Crippen LogP contribution in [0, 0.1) is 13.8 Å². The Balaban J connectivity index is 0.00000450. The van der Waals surface area contributed by atoms with Crippen LogP contribution in [0.1, 0.15) is 36.5 Å². The molecule has 1 unspecified atom stereocenters. The summed E-state index contributed by atoms with van der Waals surface area (Å²) in [4.78, 5) is 4.50. The van der Waals surface area contributed by atoms with E-state index in [4.69, 9.17) is 9.15 Å². The lowest BCUT2D eigenvalue weighted by molar-refractivity contribution is 0.0601. The molecule has 0 aliphatic heterocycles. The van der Waals surface area contributed by atoms with Gasteiger partial charge in [-0.3, -0.25) is 0 Å². The van der Waals surface area contributed by atoms with Crippen molar-refractivity contribution in [1.29, 1.82) is 0 Å². The molecule has 9 heteroatoms. The van der Waals surface area contributed by atoms with Crippen LogP contribution < -0.4 is 15.4 Å². The number of nitrogens with one attached hydrogen (secondary N) is 2. The Morgan fingerprint density at radius 3 is 2.60 bits per heavy atom. The minimum absolute atomic E-state index is 0. The minimum atomic E-state index is -2.52. The zero-order valence-electron chi connectivity index (χ0n) is 17.7. The average molecular weight is 537 g/mol. The van der Waals surface area contributed by atoms with Gasteiger partial charge in [-0.2, -0.15) is 0 Å². The van der Waals surface area contributed by atoms with Crippen LogP contribution in [-0.2, 0) is 12.1 Å². The van der Waals surface area contributed by atoms with Crippen molar-refractivity contribution in [2.75, 3.05) is 19.7 Å². The molecule has 1 atom stereocenters. The van der Waals surface area contributed by atoms with E-state index in [-0.39, 0.29) is 30.5 Å². The Labute approximate surface area is 193 Å². The van der Waals surface area contributed by atoms with Gasteiger partial charge in [0.15, 0.2) is 5.96 Å². The molecule has 1 aromatic carbocycles. The smallest absolute Gasteiger partial charge is 0.272 e. The maximum Gasteiger partial charge on any atom is 0.272 e. The van der Waals surface area contributed by atoms with Gasteiger partial charge < -0.3 is 24.9 Å². The first-order valence-corrected chi connectivity index (χ1v) is 9.53. The first-order chi connectivity index (χ1) is 13.7. The summed E-state index contributed by atoms with van der Waals surface area (Å²) in [5.74, 6) is 2.33. The first-order valence-electron chi connectivity index (χ1n) is 9.53. The molecule has 0 saturated heterocycles. The van der Waals surface area contributed by atoms with Crippen molar-refractivity contribution in [3.05, 3.63) is 53.0 Å². The molecule has 0 fully saturated rings. The molecule has 0 aliphatic rings. The van der Waals surface area contributed by atoms with Gasteiger partial charge >= 0.3 is 0 Å². The number of aliphatic imine (C=N–C) groups is 1. The molecule has 0 amide bonds. The van der Waals surface area contributed by atoms with Crippen molar-refractivity contribution >= 4 is 29.9 Å². The van der Waals surface area contributed by atoms with Crippen molar-refractivity contribution < 1.29 is 23.0 Å². The summed E-state index contributed by atoms with van der Waals surface area (Å²) in [5, 5.41) is 17.1. The van der Waals surface area contributed by atoms with Gasteiger partial charge in [0.2, 0.25) is 0 Å². The molecule has 30 heavy (non-hydrogen) atoms. The van der Waals surface area contributed by atoms with Crippen LogP contribution in [-0.4, -0.2) is 37.2 Å². The van der Waals surface area contributed by atoms with E-state index in [0.717, 1.165) is 16.9 Å². The first kappa shape index (κ1) is 26.2. The van der Waals surface area contributed by atoms with Crippen molar-refractivity contribution in [2.24, 2.45) is 4.99 Å². The molecule has 1 aromatic heterocycles. The van der Waals surface area contributed by atoms with E-state index in [1.807, 2.05) is 32.9 Å². The number of furan rings is 1. The second-order valence-electron chi connectivity index (χ2n) is 7.00. The summed E-state index contributed by atoms with van der Waals surface area (Å²) in [7, 11) is 0. The van der Waals surface area contributed by atoms with Gasteiger partial charge in [-0.25, -0.2) is 13.8 Å². The largest absolute Gasteiger partial charge is 0.488 e. The number of hydrogen-bond acceptors (Lipinski definition) is 4. The summed E-state index contributed by atoms with van der Waals surface area (Å²) in [6, 6.07) is 8.72. The molecule has 0 bridgehead atoms. The van der Waals surface area contributed by atoms with Crippen LogP contribution in [0.2, 0.25) is 0 Å². The Hall–Kier alpha value is -1.88. The third-order valence-electron chi connectivity index (χ3n) is 4.26. The predicted octanol–water partition coefficient (Wildman–Crippen LogP) is 4.12. The van der Waals surface area contributed by atoms with Gasteiger partial charge in [0.05, 0.1) is 13.1 Å². The molecular weight excluding hydrogens is 507 g/mol. The Morgan fingerprint density at radius 2 is 2.00 bits per heavy atom. The Bertz CT molecular complexity index is 826. The highest BCUT2D eigenvalue weighted by molar-refractivity contribution is 14.0. The number of guanidine groups is 1. The fourth-order valence-electron chi connectivity index (χ4n) is 2.92. The molecule has 1 heterocycles. The van der Waals surface area contributed by atoms with E-state index in [9.17, 15) is 13.9 Å². The van der Waals surface area contributed by atoms with Crippen LogP contribution in [0.5, 0.6) is 5.75 Å². The Kier molecular flexibility index (Phi) is 10.5. The van der Waals surface area contributed by atoms with Crippen LogP contribution in [0.15, 0.2) is 39.7 Å². The maximum absolute atomic E-state index is 12.3. The van der Waals surface area contributed by atoms with Gasteiger partial charge in [-0.15, -0.1) is 24.0 Å². The molecule has 0 aliphatic carbocycles. The number of aryl methyl sites for hydroxylation is 2. The van der Waals surface area contributed by atoms with E-state index in [0.29, 0.717) is 30.6 Å². The van der Waals surface area contributed by atoms with E-state index in [2.05, 4.69) is 15.6 Å². The molecule has 6 nitrogen and oxygen atoms in total. The number of rotatable bonds is 9. The van der Waals surface area contributed by atoms with Gasteiger partial charge in [-0.1, -0.05) is 12.1 Å². The second kappa shape index (κ2) is 12.1. The maximum atomic E-state index is 12.3. The molecule has 0 radical (unpaired) electrons. The van der Waals surface area contributed by atoms with Gasteiger partial charge in [0.1, 0.15) is 29.5 Å². The van der Waals surface area contributed by atoms with Crippen LogP contribution in [0.25, 0.3) is 0 Å². The molecular formula is C21H30F2IN3O3. The number of alkyl halides is 2. The highest BCUT2D eigenvalue weighted by atomic mass is 127. The van der Waals surface area contributed by atoms with Crippen LogP contribution >= 0.6 is 24.0 Å². The second-order valence-corrected chi connectivity index (χ2v) is 7.00. The quantitative estimate of drug-likeness (QED) is 0.255. The van der Waals surface area contributed by atoms with Crippen molar-refractivity contribution in [3.63, 3.8) is 0 Å². The summed E-state index contributed by atoms with van der Waals surface area (Å²) in [5.41, 5.74) is 0.408. The summed E-state index contributed by atoms with van der Waals surface area (Å²) < 4.78 is 35.2. The lowest BCUT2D eigenvalue weighted by atomic mass is 9.96. The van der Waals surface area contributed by atoms with E-state index >= 15 is 0 Å². The third kappa shape index (κ3) is 8.10. The van der Waals surface area contributed by atoms with Crippen molar-refractivity contribution in [2.45, 2.75) is 46.3 Å². The highest BCUT2D eigenvalue weighted by Gasteiger charge is 2.27. The standard InChI is InChI=1S/C21H29F2N3O3.HI/c1-5-24-20(26-13-21(4,27)18-9-14(2)29-15(18)3)25-11-16-7-6-8-17(10-16)28-12-19(22)23;/h6-10,19,27H,5,11-13H2,1-4H3,(H2,24,25,26);1H. The lowest BCUT2D eigenvalue weighted by Gasteiger charge is -2.24. The number of halogens is 3. The van der Waals surface area contributed by atoms with Crippen molar-refractivity contribution in [3.8, 4) is 5.75 Å².